The molecule has 0 saturated carbocycles. The molecule has 0 aliphatic rings. The van der Waals surface area contributed by atoms with E-state index in [4.69, 9.17) is 5.73 Å². The smallest absolute Gasteiger partial charge is 0.218 e. The Morgan fingerprint density at radius 2 is 2.47 bits per heavy atom. The van der Waals surface area contributed by atoms with Crippen LogP contribution < -0.4 is 11.1 Å². The number of primary amides is 1. The molecular weight excluding hydrogens is 192 g/mol. The van der Waals surface area contributed by atoms with E-state index in [1.165, 1.54) is 5.69 Å². The first-order chi connectivity index (χ1) is 7.09. The van der Waals surface area contributed by atoms with Crippen molar-refractivity contribution in [2.24, 2.45) is 12.8 Å². The van der Waals surface area contributed by atoms with Crippen LogP contribution in [0.15, 0.2) is 12.3 Å². The van der Waals surface area contributed by atoms with Crippen LogP contribution in [0.1, 0.15) is 19.0 Å². The van der Waals surface area contributed by atoms with Crippen molar-refractivity contribution in [2.45, 2.75) is 25.8 Å². The van der Waals surface area contributed by atoms with Crippen molar-refractivity contribution in [3.05, 3.63) is 18.0 Å². The number of hydrogen-bond acceptors (Lipinski definition) is 3. The van der Waals surface area contributed by atoms with Crippen LogP contribution in [0.3, 0.4) is 0 Å². The lowest BCUT2D eigenvalue weighted by Crippen LogP contribution is -2.32. The van der Waals surface area contributed by atoms with Crippen LogP contribution in [-0.4, -0.2) is 28.3 Å². The molecule has 1 amide bonds. The molecule has 5 heteroatoms. The Bertz CT molecular complexity index is 321. The number of amides is 1. The first kappa shape index (κ1) is 11.7. The normalized spacial score (nSPS) is 12.7. The largest absolute Gasteiger partial charge is 0.370 e. The van der Waals surface area contributed by atoms with Crippen LogP contribution in [0.25, 0.3) is 0 Å². The molecule has 0 bridgehead atoms. The van der Waals surface area contributed by atoms with Crippen LogP contribution in [-0.2, 0) is 18.3 Å². The summed E-state index contributed by atoms with van der Waals surface area (Å²) in [6, 6.07) is 2.12. The fraction of sp³-hybridized carbons (Fsp3) is 0.600. The molecule has 3 N–H and O–H groups in total. The Balaban J connectivity index is 2.22. The molecule has 0 aliphatic carbocycles. The van der Waals surface area contributed by atoms with Crippen molar-refractivity contribution in [1.82, 2.24) is 15.1 Å². The van der Waals surface area contributed by atoms with E-state index in [-0.39, 0.29) is 11.9 Å². The summed E-state index contributed by atoms with van der Waals surface area (Å²) < 4.78 is 1.85. The van der Waals surface area contributed by atoms with E-state index >= 15 is 0 Å². The van der Waals surface area contributed by atoms with Gasteiger partial charge in [0.25, 0.3) is 0 Å². The fourth-order valence-electron chi connectivity index (χ4n) is 1.47. The number of nitrogens with zero attached hydrogens (tertiary/aromatic N) is 2. The number of carbonyl (C=O) groups excluding carboxylic acids is 1. The van der Waals surface area contributed by atoms with Gasteiger partial charge < -0.3 is 11.1 Å². The van der Waals surface area contributed by atoms with E-state index in [1.807, 2.05) is 24.7 Å². The van der Waals surface area contributed by atoms with Gasteiger partial charge >= 0.3 is 0 Å². The average Bonchev–Trinajstić information content (AvgIpc) is 2.50. The Hall–Kier alpha value is -1.36. The Kier molecular flexibility index (Phi) is 4.30. The summed E-state index contributed by atoms with van der Waals surface area (Å²) in [5.74, 6) is -0.268. The molecule has 0 aromatic carbocycles. The second-order valence-corrected chi connectivity index (χ2v) is 3.72. The van der Waals surface area contributed by atoms with Gasteiger partial charge in [0.2, 0.25) is 5.91 Å². The van der Waals surface area contributed by atoms with Gasteiger partial charge in [-0.3, -0.25) is 9.48 Å². The topological polar surface area (TPSA) is 72.9 Å². The van der Waals surface area contributed by atoms with E-state index in [9.17, 15) is 4.79 Å². The van der Waals surface area contributed by atoms with Gasteiger partial charge in [0, 0.05) is 44.4 Å². The highest BCUT2D eigenvalue weighted by Gasteiger charge is 2.05. The molecule has 0 spiro atoms. The molecular formula is C10H18N4O. The fourth-order valence-corrected chi connectivity index (χ4v) is 1.47. The highest BCUT2D eigenvalue weighted by molar-refractivity contribution is 5.74. The molecule has 1 rings (SSSR count). The summed E-state index contributed by atoms with van der Waals surface area (Å²) >= 11 is 0. The Morgan fingerprint density at radius 1 is 1.73 bits per heavy atom. The van der Waals surface area contributed by atoms with E-state index in [1.54, 1.807) is 6.20 Å². The van der Waals surface area contributed by atoms with Gasteiger partial charge in [-0.05, 0) is 13.0 Å². The molecule has 1 aromatic rings. The monoisotopic (exact) mass is 210 g/mol. The quantitative estimate of drug-likeness (QED) is 0.684. The van der Waals surface area contributed by atoms with E-state index < -0.39 is 0 Å². The van der Waals surface area contributed by atoms with Crippen molar-refractivity contribution < 1.29 is 4.79 Å². The number of carbonyl (C=O) groups is 1. The molecule has 0 aliphatic heterocycles. The van der Waals surface area contributed by atoms with Crippen LogP contribution in [0.2, 0.25) is 0 Å². The highest BCUT2D eigenvalue weighted by Crippen LogP contribution is 1.97. The predicted molar refractivity (Wildman–Crippen MR) is 58.2 cm³/mol. The number of rotatable bonds is 6. The van der Waals surface area contributed by atoms with Crippen molar-refractivity contribution in [3.63, 3.8) is 0 Å². The van der Waals surface area contributed by atoms with Crippen LogP contribution >= 0.6 is 0 Å². The second-order valence-electron chi connectivity index (χ2n) is 3.72. The first-order valence-electron chi connectivity index (χ1n) is 5.08. The van der Waals surface area contributed by atoms with Crippen molar-refractivity contribution >= 4 is 5.91 Å². The van der Waals surface area contributed by atoms with Crippen LogP contribution in [0.4, 0.5) is 0 Å². The van der Waals surface area contributed by atoms with Gasteiger partial charge in [-0.2, -0.15) is 5.10 Å². The average molecular weight is 210 g/mol. The lowest BCUT2D eigenvalue weighted by molar-refractivity contribution is -0.118. The molecule has 1 unspecified atom stereocenters. The molecule has 0 radical (unpaired) electrons. The minimum absolute atomic E-state index is 0.135. The summed E-state index contributed by atoms with van der Waals surface area (Å²) in [6.45, 7) is 2.78. The lowest BCUT2D eigenvalue weighted by atomic mass is 10.2. The standard InChI is InChI=1S/C10H18N4O/c1-8(7-10(11)15)12-5-3-9-4-6-13-14(9)2/h4,6,8,12H,3,5,7H2,1-2H3,(H2,11,15). The van der Waals surface area contributed by atoms with Crippen molar-refractivity contribution in [3.8, 4) is 0 Å². The molecule has 0 fully saturated rings. The van der Waals surface area contributed by atoms with E-state index in [0.717, 1.165) is 13.0 Å². The predicted octanol–water partition coefficient (Wildman–Crippen LogP) is -0.184. The number of aromatic nitrogens is 2. The number of nitrogens with two attached hydrogens (primary N) is 1. The summed E-state index contributed by atoms with van der Waals surface area (Å²) in [6.07, 6.45) is 3.06. The van der Waals surface area contributed by atoms with E-state index in [0.29, 0.717) is 6.42 Å². The molecule has 1 atom stereocenters. The van der Waals surface area contributed by atoms with Gasteiger partial charge in [-0.15, -0.1) is 0 Å². The third-order valence-electron chi connectivity index (χ3n) is 2.30. The molecule has 5 nitrogen and oxygen atoms in total. The number of aryl methyl sites for hydroxylation is 1. The molecule has 84 valence electrons. The minimum Gasteiger partial charge on any atom is -0.370 e. The number of hydrogen-bond donors (Lipinski definition) is 2. The Morgan fingerprint density at radius 3 is 3.00 bits per heavy atom. The van der Waals surface area contributed by atoms with Gasteiger partial charge in [0.1, 0.15) is 0 Å². The summed E-state index contributed by atoms with van der Waals surface area (Å²) in [5, 5.41) is 7.32. The van der Waals surface area contributed by atoms with Crippen molar-refractivity contribution in [2.75, 3.05) is 6.54 Å². The lowest BCUT2D eigenvalue weighted by Gasteiger charge is -2.11. The maximum atomic E-state index is 10.6. The van der Waals surface area contributed by atoms with Gasteiger partial charge in [0.15, 0.2) is 0 Å². The molecule has 15 heavy (non-hydrogen) atoms. The SMILES string of the molecule is CC(CC(N)=O)NCCc1ccnn1C. The zero-order chi connectivity index (χ0) is 11.3. The maximum absolute atomic E-state index is 10.6. The third-order valence-corrected chi connectivity index (χ3v) is 2.30. The Labute approximate surface area is 89.6 Å². The highest BCUT2D eigenvalue weighted by atomic mass is 16.1. The first-order valence-corrected chi connectivity index (χ1v) is 5.08. The summed E-state index contributed by atoms with van der Waals surface area (Å²) in [7, 11) is 1.92. The van der Waals surface area contributed by atoms with Gasteiger partial charge in [-0.1, -0.05) is 0 Å². The summed E-state index contributed by atoms with van der Waals surface area (Å²) in [4.78, 5) is 10.6. The van der Waals surface area contributed by atoms with Gasteiger partial charge in [-0.25, -0.2) is 0 Å². The van der Waals surface area contributed by atoms with Crippen LogP contribution in [0.5, 0.6) is 0 Å². The van der Waals surface area contributed by atoms with Crippen molar-refractivity contribution in [1.29, 1.82) is 0 Å². The molecule has 0 saturated heterocycles. The number of nitrogens with one attached hydrogen (secondary N) is 1. The molecule has 1 aromatic heterocycles. The third kappa shape index (κ3) is 4.12. The maximum Gasteiger partial charge on any atom is 0.218 e. The van der Waals surface area contributed by atoms with E-state index in [2.05, 4.69) is 10.4 Å². The van der Waals surface area contributed by atoms with Gasteiger partial charge in [0.05, 0.1) is 0 Å². The minimum atomic E-state index is -0.268. The molecule has 1 heterocycles. The van der Waals surface area contributed by atoms with Crippen LogP contribution in [0, 0.1) is 0 Å². The zero-order valence-electron chi connectivity index (χ0n) is 9.23. The summed E-state index contributed by atoms with van der Waals surface area (Å²) in [5.41, 5.74) is 6.27. The zero-order valence-corrected chi connectivity index (χ0v) is 9.23. The second kappa shape index (κ2) is 5.50.